The second-order valence-electron chi connectivity index (χ2n) is 3.60. The molecule has 5 heteroatoms. The van der Waals surface area contributed by atoms with Crippen LogP contribution >= 0.6 is 27.3 Å². The predicted molar refractivity (Wildman–Crippen MR) is 70.2 cm³/mol. The SMILES string of the molecule is CCC(COC)NC(=O)c1cc(C)c(Br)s1. The molecule has 1 unspecified atom stereocenters. The first kappa shape index (κ1) is 13.7. The van der Waals surface area contributed by atoms with Crippen LogP contribution in [-0.4, -0.2) is 25.7 Å². The molecule has 0 aliphatic carbocycles. The Kier molecular flexibility index (Phi) is 5.44. The Morgan fingerprint density at radius 3 is 2.81 bits per heavy atom. The first-order chi connectivity index (χ1) is 7.58. The van der Waals surface area contributed by atoms with Gasteiger partial charge in [0, 0.05) is 7.11 Å². The maximum absolute atomic E-state index is 11.9. The third kappa shape index (κ3) is 3.57. The quantitative estimate of drug-likeness (QED) is 0.908. The van der Waals surface area contributed by atoms with Gasteiger partial charge in [-0.05, 0) is 40.9 Å². The minimum Gasteiger partial charge on any atom is -0.383 e. The highest BCUT2D eigenvalue weighted by molar-refractivity contribution is 9.11. The number of hydrogen-bond acceptors (Lipinski definition) is 3. The van der Waals surface area contributed by atoms with E-state index in [1.807, 2.05) is 19.9 Å². The maximum atomic E-state index is 11.9. The molecular weight excluding hydrogens is 290 g/mol. The van der Waals surface area contributed by atoms with Crippen LogP contribution in [0, 0.1) is 6.92 Å². The monoisotopic (exact) mass is 305 g/mol. The highest BCUT2D eigenvalue weighted by atomic mass is 79.9. The van der Waals surface area contributed by atoms with Crippen molar-refractivity contribution < 1.29 is 9.53 Å². The van der Waals surface area contributed by atoms with Crippen molar-refractivity contribution in [3.05, 3.63) is 20.3 Å². The largest absolute Gasteiger partial charge is 0.383 e. The number of thiophene rings is 1. The molecule has 1 amide bonds. The van der Waals surface area contributed by atoms with E-state index in [0.717, 1.165) is 20.6 Å². The number of methoxy groups -OCH3 is 1. The molecule has 90 valence electrons. The fourth-order valence-electron chi connectivity index (χ4n) is 1.29. The Morgan fingerprint density at radius 1 is 1.69 bits per heavy atom. The smallest absolute Gasteiger partial charge is 0.261 e. The van der Waals surface area contributed by atoms with Crippen LogP contribution in [0.2, 0.25) is 0 Å². The first-order valence-electron chi connectivity index (χ1n) is 5.14. The van der Waals surface area contributed by atoms with Crippen LogP contribution in [-0.2, 0) is 4.74 Å². The Balaban J connectivity index is 2.64. The lowest BCUT2D eigenvalue weighted by Gasteiger charge is -2.14. The Labute approximate surface area is 108 Å². The molecule has 0 saturated carbocycles. The average molecular weight is 306 g/mol. The van der Waals surface area contributed by atoms with E-state index in [0.29, 0.717) is 6.61 Å². The molecule has 1 rings (SSSR count). The van der Waals surface area contributed by atoms with Crippen LogP contribution in [0.25, 0.3) is 0 Å². The van der Waals surface area contributed by atoms with E-state index in [2.05, 4.69) is 21.2 Å². The van der Waals surface area contributed by atoms with Crippen LogP contribution in [0.3, 0.4) is 0 Å². The molecule has 0 radical (unpaired) electrons. The van der Waals surface area contributed by atoms with Crippen molar-refractivity contribution in [2.45, 2.75) is 26.3 Å². The number of aryl methyl sites for hydroxylation is 1. The van der Waals surface area contributed by atoms with E-state index in [4.69, 9.17) is 4.74 Å². The summed E-state index contributed by atoms with van der Waals surface area (Å²) >= 11 is 4.87. The predicted octanol–water partition coefficient (Wildman–Crippen LogP) is 2.97. The average Bonchev–Trinajstić information content (AvgIpc) is 2.58. The minimum atomic E-state index is -0.0253. The lowest BCUT2D eigenvalue weighted by Crippen LogP contribution is -2.37. The summed E-state index contributed by atoms with van der Waals surface area (Å²) in [6.07, 6.45) is 0.866. The molecule has 16 heavy (non-hydrogen) atoms. The van der Waals surface area contributed by atoms with Gasteiger partial charge in [0.15, 0.2) is 0 Å². The standard InChI is InChI=1S/C11H16BrNO2S/c1-4-8(6-15-3)13-11(14)9-5-7(2)10(12)16-9/h5,8H,4,6H2,1-3H3,(H,13,14). The zero-order valence-corrected chi connectivity index (χ0v) is 12.1. The molecule has 0 aliphatic heterocycles. The van der Waals surface area contributed by atoms with Gasteiger partial charge in [-0.15, -0.1) is 11.3 Å². The Hall–Kier alpha value is -0.390. The molecule has 0 fully saturated rings. The number of amides is 1. The van der Waals surface area contributed by atoms with Gasteiger partial charge in [-0.1, -0.05) is 6.92 Å². The summed E-state index contributed by atoms with van der Waals surface area (Å²) in [6.45, 7) is 4.55. The lowest BCUT2D eigenvalue weighted by molar-refractivity contribution is 0.0898. The summed E-state index contributed by atoms with van der Waals surface area (Å²) in [6, 6.07) is 1.97. The molecule has 1 aromatic rings. The number of ether oxygens (including phenoxy) is 1. The molecule has 1 atom stereocenters. The third-order valence-electron chi connectivity index (χ3n) is 2.28. The van der Waals surface area contributed by atoms with Crippen molar-refractivity contribution in [2.24, 2.45) is 0 Å². The molecule has 1 heterocycles. The fraction of sp³-hybridized carbons (Fsp3) is 0.545. The summed E-state index contributed by atoms with van der Waals surface area (Å²) in [4.78, 5) is 12.6. The van der Waals surface area contributed by atoms with Gasteiger partial charge >= 0.3 is 0 Å². The molecule has 3 nitrogen and oxygen atoms in total. The van der Waals surface area contributed by atoms with E-state index in [-0.39, 0.29) is 11.9 Å². The van der Waals surface area contributed by atoms with Crippen LogP contribution in [0.4, 0.5) is 0 Å². The van der Waals surface area contributed by atoms with Crippen molar-refractivity contribution in [3.63, 3.8) is 0 Å². The van der Waals surface area contributed by atoms with Crippen LogP contribution in [0.15, 0.2) is 9.85 Å². The number of carbonyl (C=O) groups is 1. The molecule has 0 aromatic carbocycles. The Morgan fingerprint density at radius 2 is 2.38 bits per heavy atom. The van der Waals surface area contributed by atoms with E-state index >= 15 is 0 Å². The minimum absolute atomic E-state index is 0.0253. The van der Waals surface area contributed by atoms with Crippen LogP contribution in [0.5, 0.6) is 0 Å². The van der Waals surface area contributed by atoms with Crippen molar-refractivity contribution in [1.29, 1.82) is 0 Å². The highest BCUT2D eigenvalue weighted by Gasteiger charge is 2.14. The van der Waals surface area contributed by atoms with Gasteiger partial charge in [-0.3, -0.25) is 4.79 Å². The summed E-state index contributed by atoms with van der Waals surface area (Å²) < 4.78 is 6.05. The van der Waals surface area contributed by atoms with Gasteiger partial charge in [0.2, 0.25) is 0 Å². The summed E-state index contributed by atoms with van der Waals surface area (Å²) in [7, 11) is 1.64. The van der Waals surface area contributed by atoms with Crippen molar-refractivity contribution in [2.75, 3.05) is 13.7 Å². The third-order valence-corrected chi connectivity index (χ3v) is 4.41. The molecule has 0 bridgehead atoms. The van der Waals surface area contributed by atoms with Gasteiger partial charge in [0.05, 0.1) is 21.3 Å². The summed E-state index contributed by atoms with van der Waals surface area (Å²) in [5, 5.41) is 2.95. The topological polar surface area (TPSA) is 38.3 Å². The molecule has 0 spiro atoms. The zero-order valence-electron chi connectivity index (χ0n) is 9.67. The fourth-order valence-corrected chi connectivity index (χ4v) is 2.73. The Bertz CT molecular complexity index is 345. The van der Waals surface area contributed by atoms with E-state index in [9.17, 15) is 4.79 Å². The van der Waals surface area contributed by atoms with Gasteiger partial charge in [0.25, 0.3) is 5.91 Å². The van der Waals surface area contributed by atoms with Crippen molar-refractivity contribution in [3.8, 4) is 0 Å². The maximum Gasteiger partial charge on any atom is 0.261 e. The molecule has 1 N–H and O–H groups in total. The summed E-state index contributed by atoms with van der Waals surface area (Å²) in [5.41, 5.74) is 1.09. The van der Waals surface area contributed by atoms with E-state index < -0.39 is 0 Å². The number of halogens is 1. The van der Waals surface area contributed by atoms with Crippen LogP contribution in [0.1, 0.15) is 28.6 Å². The van der Waals surface area contributed by atoms with E-state index in [1.165, 1.54) is 11.3 Å². The normalized spacial score (nSPS) is 12.5. The number of carbonyl (C=O) groups excluding carboxylic acids is 1. The second kappa shape index (κ2) is 6.37. The summed E-state index contributed by atoms with van der Waals surface area (Å²) in [5.74, 6) is -0.0253. The molecule has 1 aromatic heterocycles. The van der Waals surface area contributed by atoms with Crippen molar-refractivity contribution in [1.82, 2.24) is 5.32 Å². The molecule has 0 saturated heterocycles. The van der Waals surface area contributed by atoms with Gasteiger partial charge in [0.1, 0.15) is 0 Å². The van der Waals surface area contributed by atoms with Gasteiger partial charge in [-0.2, -0.15) is 0 Å². The first-order valence-corrected chi connectivity index (χ1v) is 6.75. The number of rotatable bonds is 5. The van der Waals surface area contributed by atoms with Gasteiger partial charge < -0.3 is 10.1 Å². The molecule has 0 aliphatic rings. The highest BCUT2D eigenvalue weighted by Crippen LogP contribution is 2.27. The number of hydrogen-bond donors (Lipinski definition) is 1. The molecular formula is C11H16BrNO2S. The van der Waals surface area contributed by atoms with Gasteiger partial charge in [-0.25, -0.2) is 0 Å². The second-order valence-corrected chi connectivity index (χ2v) is 5.97. The van der Waals surface area contributed by atoms with E-state index in [1.54, 1.807) is 7.11 Å². The van der Waals surface area contributed by atoms with Crippen molar-refractivity contribution >= 4 is 33.2 Å². The lowest BCUT2D eigenvalue weighted by atomic mass is 10.2. The van der Waals surface area contributed by atoms with Crippen LogP contribution < -0.4 is 5.32 Å². The number of nitrogens with one attached hydrogen (secondary N) is 1. The zero-order chi connectivity index (χ0) is 12.1.